The van der Waals surface area contributed by atoms with Crippen molar-refractivity contribution in [3.8, 4) is 0 Å². The number of rotatable bonds is 13. The molecule has 0 saturated heterocycles. The van der Waals surface area contributed by atoms with Crippen LogP contribution in [-0.4, -0.2) is 42.9 Å². The number of hydrogen-bond acceptors (Lipinski definition) is 8. The quantitative estimate of drug-likeness (QED) is 0.230. The van der Waals surface area contributed by atoms with E-state index in [0.717, 1.165) is 0 Å². The van der Waals surface area contributed by atoms with E-state index in [2.05, 4.69) is 0 Å². The normalized spacial score (nSPS) is 13.1. The van der Waals surface area contributed by atoms with Crippen molar-refractivity contribution in [3.63, 3.8) is 0 Å². The van der Waals surface area contributed by atoms with Crippen LogP contribution in [0.2, 0.25) is 0 Å². The summed E-state index contributed by atoms with van der Waals surface area (Å²) in [4.78, 5) is 11.8. The molecule has 0 aliphatic heterocycles. The molecule has 0 radical (unpaired) electrons. The van der Waals surface area contributed by atoms with Crippen molar-refractivity contribution in [2.24, 2.45) is 0 Å². The van der Waals surface area contributed by atoms with E-state index < -0.39 is 51.0 Å². The Morgan fingerprint density at radius 3 is 1.34 bits per heavy atom. The molecule has 0 aromatic heterocycles. The van der Waals surface area contributed by atoms with Gasteiger partial charge in [0.05, 0.1) is 37.1 Å². The summed E-state index contributed by atoms with van der Waals surface area (Å²) in [6.07, 6.45) is -1.76. The van der Waals surface area contributed by atoms with Crippen molar-refractivity contribution in [1.29, 1.82) is 0 Å². The van der Waals surface area contributed by atoms with Crippen molar-refractivity contribution in [2.45, 2.75) is 91.6 Å². The Balaban J connectivity index is 3.57. The van der Waals surface area contributed by atoms with Crippen LogP contribution in [-0.2, 0) is 38.4 Å². The summed E-state index contributed by atoms with van der Waals surface area (Å²) in [6, 6.07) is 6.55. The highest BCUT2D eigenvalue weighted by molar-refractivity contribution is 7.72. The lowest BCUT2D eigenvalue weighted by Gasteiger charge is -2.35. The largest absolute Gasteiger partial charge is 0.465 e. The molecule has 0 N–H and O–H groups in total. The average molecular weight is 492 g/mol. The topological polar surface area (TPSA) is 97.4 Å². The lowest BCUT2D eigenvalue weighted by atomic mass is 10.1. The SMILES string of the molecule is COC(=O)c1ccc(CC(P(=O)(OC(C)C)OC(C)C)P(=O)(OC(C)C)OC(C)C)cc1. The molecule has 0 amide bonds. The highest BCUT2D eigenvalue weighted by Gasteiger charge is 2.52. The molecule has 0 aliphatic carbocycles. The summed E-state index contributed by atoms with van der Waals surface area (Å²) in [5.41, 5.74) is 1.04. The van der Waals surface area contributed by atoms with Crippen LogP contribution in [0.15, 0.2) is 24.3 Å². The van der Waals surface area contributed by atoms with E-state index in [1.54, 1.807) is 79.7 Å². The number of carbonyl (C=O) groups excluding carboxylic acids is 1. The average Bonchev–Trinajstić information content (AvgIpc) is 2.63. The molecule has 0 heterocycles. The Kier molecular flexibility index (Phi) is 11.3. The Morgan fingerprint density at radius 1 is 0.719 bits per heavy atom. The maximum Gasteiger partial charge on any atom is 0.346 e. The molecular formula is C22H38O8P2. The van der Waals surface area contributed by atoms with Gasteiger partial charge in [0.2, 0.25) is 0 Å². The number of ether oxygens (including phenoxy) is 1. The summed E-state index contributed by atoms with van der Waals surface area (Å²) in [5.74, 6) is -0.470. The van der Waals surface area contributed by atoms with Gasteiger partial charge in [0.15, 0.2) is 5.40 Å². The number of hydrogen-bond donors (Lipinski definition) is 0. The van der Waals surface area contributed by atoms with Crippen LogP contribution in [0, 0.1) is 0 Å². The van der Waals surface area contributed by atoms with Gasteiger partial charge >= 0.3 is 21.2 Å². The first kappa shape index (κ1) is 29.0. The van der Waals surface area contributed by atoms with Crippen molar-refractivity contribution in [2.75, 3.05) is 7.11 Å². The fourth-order valence-corrected chi connectivity index (χ4v) is 8.93. The van der Waals surface area contributed by atoms with Gasteiger partial charge in [-0.05, 0) is 79.5 Å². The predicted molar refractivity (Wildman–Crippen MR) is 125 cm³/mol. The fourth-order valence-electron chi connectivity index (χ4n) is 3.01. The van der Waals surface area contributed by atoms with Crippen LogP contribution in [0.1, 0.15) is 71.3 Å². The maximum atomic E-state index is 14.1. The van der Waals surface area contributed by atoms with E-state index in [0.29, 0.717) is 11.1 Å². The standard InChI is InChI=1S/C22H38O8P2/c1-15(2)27-31(24,28-16(3)4)21(32(25,29-17(5)6)30-18(7)8)14-19-10-12-20(13-11-19)22(23)26-9/h10-13,15-18,21H,14H2,1-9H3. The lowest BCUT2D eigenvalue weighted by molar-refractivity contribution is 0.0600. The summed E-state index contributed by atoms with van der Waals surface area (Å²) in [6.45, 7) is 13.9. The third kappa shape index (κ3) is 8.74. The first-order chi connectivity index (χ1) is 14.7. The van der Waals surface area contributed by atoms with Gasteiger partial charge in [0, 0.05) is 0 Å². The first-order valence-electron chi connectivity index (χ1n) is 10.8. The lowest BCUT2D eigenvalue weighted by Crippen LogP contribution is -2.25. The molecule has 0 bridgehead atoms. The van der Waals surface area contributed by atoms with Crippen LogP contribution in [0.4, 0.5) is 0 Å². The van der Waals surface area contributed by atoms with E-state index in [9.17, 15) is 13.9 Å². The van der Waals surface area contributed by atoms with Crippen LogP contribution in [0.3, 0.4) is 0 Å². The molecule has 0 spiro atoms. The molecular weight excluding hydrogens is 454 g/mol. The van der Waals surface area contributed by atoms with Crippen molar-refractivity contribution < 1.29 is 36.8 Å². The molecule has 8 nitrogen and oxygen atoms in total. The van der Waals surface area contributed by atoms with Gasteiger partial charge in [-0.2, -0.15) is 0 Å². The van der Waals surface area contributed by atoms with Gasteiger partial charge in [-0.15, -0.1) is 0 Å². The van der Waals surface area contributed by atoms with Gasteiger partial charge < -0.3 is 22.8 Å². The van der Waals surface area contributed by atoms with E-state index in [1.165, 1.54) is 7.11 Å². The van der Waals surface area contributed by atoms with Crippen LogP contribution in [0.25, 0.3) is 0 Å². The third-order valence-electron chi connectivity index (χ3n) is 3.95. The second kappa shape index (κ2) is 12.5. The zero-order valence-corrected chi connectivity index (χ0v) is 22.4. The van der Waals surface area contributed by atoms with Crippen LogP contribution < -0.4 is 0 Å². The number of carbonyl (C=O) groups is 1. The fraction of sp³-hybridized carbons (Fsp3) is 0.682. The molecule has 1 aromatic rings. The molecule has 0 unspecified atom stereocenters. The molecule has 0 atom stereocenters. The van der Waals surface area contributed by atoms with Gasteiger partial charge in [-0.3, -0.25) is 9.13 Å². The number of methoxy groups -OCH3 is 1. The molecule has 32 heavy (non-hydrogen) atoms. The maximum absolute atomic E-state index is 14.1. The zero-order chi connectivity index (χ0) is 24.7. The Labute approximate surface area is 192 Å². The Morgan fingerprint density at radius 2 is 1.06 bits per heavy atom. The van der Waals surface area contributed by atoms with Crippen molar-refractivity contribution in [1.82, 2.24) is 0 Å². The minimum atomic E-state index is -3.98. The first-order valence-corrected chi connectivity index (χ1v) is 14.0. The second-order valence-electron chi connectivity index (χ2n) is 8.57. The Hall–Kier alpha value is -1.01. The molecule has 1 aromatic carbocycles. The highest BCUT2D eigenvalue weighted by Crippen LogP contribution is 2.72. The molecule has 1 rings (SSSR count). The van der Waals surface area contributed by atoms with E-state index in [4.69, 9.17) is 22.8 Å². The van der Waals surface area contributed by atoms with Crippen molar-refractivity contribution >= 4 is 21.2 Å². The monoisotopic (exact) mass is 492 g/mol. The van der Waals surface area contributed by atoms with Crippen LogP contribution >= 0.6 is 15.2 Å². The van der Waals surface area contributed by atoms with Gasteiger partial charge in [0.25, 0.3) is 0 Å². The smallest absolute Gasteiger partial charge is 0.346 e. The molecule has 0 saturated carbocycles. The van der Waals surface area contributed by atoms with E-state index >= 15 is 0 Å². The molecule has 0 fully saturated rings. The van der Waals surface area contributed by atoms with Gasteiger partial charge in [0.1, 0.15) is 0 Å². The highest BCUT2D eigenvalue weighted by atomic mass is 31.2. The van der Waals surface area contributed by atoms with E-state index in [1.807, 2.05) is 0 Å². The molecule has 10 heteroatoms. The number of esters is 1. The summed E-state index contributed by atoms with van der Waals surface area (Å²) >= 11 is 0. The van der Waals surface area contributed by atoms with Gasteiger partial charge in [-0.25, -0.2) is 4.79 Å². The third-order valence-corrected chi connectivity index (χ3v) is 10.3. The predicted octanol–water partition coefficient (Wildman–Crippen LogP) is 6.43. The summed E-state index contributed by atoms with van der Waals surface area (Å²) in [7, 11) is -6.66. The van der Waals surface area contributed by atoms with E-state index in [-0.39, 0.29) is 6.42 Å². The summed E-state index contributed by atoms with van der Waals surface area (Å²) in [5, 5.41) is -1.20. The second-order valence-corrected chi connectivity index (χ2v) is 13.2. The molecule has 0 aliphatic rings. The Bertz CT molecular complexity index is 752. The molecule has 184 valence electrons. The minimum Gasteiger partial charge on any atom is -0.465 e. The zero-order valence-electron chi connectivity index (χ0n) is 20.6. The van der Waals surface area contributed by atoms with Gasteiger partial charge in [-0.1, -0.05) is 12.1 Å². The van der Waals surface area contributed by atoms with Crippen LogP contribution in [0.5, 0.6) is 0 Å². The number of benzene rings is 1. The summed E-state index contributed by atoms with van der Waals surface area (Å²) < 4.78 is 56.2. The van der Waals surface area contributed by atoms with Crippen molar-refractivity contribution in [3.05, 3.63) is 35.4 Å². The minimum absolute atomic E-state index is 0.0366.